The average molecular weight is 1020 g/mol. The third-order valence-electron chi connectivity index (χ3n) is 20.7. The summed E-state index contributed by atoms with van der Waals surface area (Å²) in [7, 11) is 1.64. The molecule has 4 saturated carbocycles. The molecule has 3 aliphatic heterocycles. The van der Waals surface area contributed by atoms with Gasteiger partial charge in [0.1, 0.15) is 66.8 Å². The van der Waals surface area contributed by atoms with Crippen LogP contribution in [-0.2, 0) is 33.2 Å². The molecule has 1 amide bonds. The minimum Gasteiger partial charge on any atom is -0.497 e. The van der Waals surface area contributed by atoms with Gasteiger partial charge in [0.2, 0.25) is 5.91 Å². The zero-order valence-corrected chi connectivity index (χ0v) is 44.0. The molecule has 406 valence electrons. The molecule has 0 spiro atoms. The number of carbonyl (C=O) groups is 1. The Morgan fingerprint density at radius 3 is 1.86 bits per heavy atom. The number of ether oxygens (including phenoxy) is 7. The summed E-state index contributed by atoms with van der Waals surface area (Å²) in [5.41, 5.74) is 1.10. The Kier molecular flexibility index (Phi) is 14.8. The second kappa shape index (κ2) is 19.6. The van der Waals surface area contributed by atoms with Crippen LogP contribution in [0.4, 0.5) is 5.69 Å². The maximum absolute atomic E-state index is 14.8. The van der Waals surface area contributed by atoms with Crippen molar-refractivity contribution in [1.29, 1.82) is 0 Å². The third-order valence-corrected chi connectivity index (χ3v) is 20.7. The fraction of sp³-hybridized carbons (Fsp3) is 0.836. The molecule has 0 bridgehead atoms. The first kappa shape index (κ1) is 54.5. The molecule has 1 aromatic carbocycles. The van der Waals surface area contributed by atoms with Gasteiger partial charge in [-0.3, -0.25) is 4.79 Å². The van der Waals surface area contributed by atoms with Gasteiger partial charge in [-0.2, -0.15) is 0 Å². The highest BCUT2D eigenvalue weighted by Gasteiger charge is 2.70. The van der Waals surface area contributed by atoms with Crippen LogP contribution in [0.25, 0.3) is 0 Å². The largest absolute Gasteiger partial charge is 0.497 e. The van der Waals surface area contributed by atoms with Crippen molar-refractivity contribution >= 4 is 11.6 Å². The third kappa shape index (κ3) is 8.82. The minimum atomic E-state index is -1.74. The number of hydrogen-bond donors (Lipinski definition) is 9. The van der Waals surface area contributed by atoms with Crippen molar-refractivity contribution in [3.05, 3.63) is 35.9 Å². The standard InChI is InChI=1S/C55H85NO16/c1-27-37(58)39(60)41(62)46(67-27)71-44-33(26-57)69-48(45(43(44)64)72-47-42(63)40(61)38(59)28(2)68-47)70-36-18-19-52(7)34(51(36,5)6)17-20-54(9)35(52)16-15-31-32-25-50(3,4)21-23-55(32,24-22-53(31,54)8)49(65)56-29-11-13-30(66-10)14-12-29/h11-15,27-28,32-48,57-64H,16-26H2,1-10H3,(H,56,65)/t27-,28-,32-,33+,34-,35+,36-,37-,38-,39+,40+,41+,42+,43-,44+,45+,46-,47-,48-,52-,53+,54+,55-/m0/s1. The molecule has 0 aromatic heterocycles. The van der Waals surface area contributed by atoms with Crippen LogP contribution in [0.3, 0.4) is 0 Å². The summed E-state index contributed by atoms with van der Waals surface area (Å²) in [5, 5.41) is 90.5. The molecular formula is C55H85NO16. The van der Waals surface area contributed by atoms with Crippen molar-refractivity contribution < 1.29 is 78.8 Å². The van der Waals surface area contributed by atoms with E-state index < -0.39 is 116 Å². The van der Waals surface area contributed by atoms with Crippen molar-refractivity contribution in [2.75, 3.05) is 19.0 Å². The Labute approximate surface area is 424 Å². The number of rotatable bonds is 10. The topological polar surface area (TPSA) is 256 Å². The van der Waals surface area contributed by atoms with Gasteiger partial charge in [0.25, 0.3) is 0 Å². The fourth-order valence-electron chi connectivity index (χ4n) is 16.0. The van der Waals surface area contributed by atoms with E-state index in [0.29, 0.717) is 12.3 Å². The first-order valence-electron chi connectivity index (χ1n) is 26.7. The smallest absolute Gasteiger partial charge is 0.231 e. The second-order valence-corrected chi connectivity index (χ2v) is 25.3. The maximum Gasteiger partial charge on any atom is 0.231 e. The maximum atomic E-state index is 14.8. The summed E-state index contributed by atoms with van der Waals surface area (Å²) in [6.45, 7) is 19.0. The lowest BCUT2D eigenvalue weighted by molar-refractivity contribution is -0.393. The number of aliphatic hydroxyl groups excluding tert-OH is 8. The fourth-order valence-corrected chi connectivity index (χ4v) is 16.0. The van der Waals surface area contributed by atoms with Crippen LogP contribution in [-0.4, -0.2) is 159 Å². The normalized spacial score (nSPS) is 49.8. The van der Waals surface area contributed by atoms with Crippen molar-refractivity contribution in [3.63, 3.8) is 0 Å². The van der Waals surface area contributed by atoms with Crippen molar-refractivity contribution in [2.24, 2.45) is 50.2 Å². The Morgan fingerprint density at radius 1 is 0.667 bits per heavy atom. The first-order valence-corrected chi connectivity index (χ1v) is 26.7. The molecule has 0 radical (unpaired) electrons. The lowest BCUT2D eigenvalue weighted by Crippen LogP contribution is -2.68. The number of anilines is 1. The molecule has 0 unspecified atom stereocenters. The number of fused-ring (bicyclic) bond motifs is 7. The molecule has 8 aliphatic rings. The van der Waals surface area contributed by atoms with Gasteiger partial charge in [-0.1, -0.05) is 60.1 Å². The number of benzene rings is 1. The zero-order valence-electron chi connectivity index (χ0n) is 44.0. The van der Waals surface area contributed by atoms with Gasteiger partial charge in [-0.25, -0.2) is 0 Å². The predicted molar refractivity (Wildman–Crippen MR) is 262 cm³/mol. The van der Waals surface area contributed by atoms with E-state index in [4.69, 9.17) is 33.2 Å². The highest BCUT2D eigenvalue weighted by Crippen LogP contribution is 2.76. The Bertz CT molecular complexity index is 2140. The molecule has 9 N–H and O–H groups in total. The summed E-state index contributed by atoms with van der Waals surface area (Å²) in [6, 6.07) is 7.61. The average Bonchev–Trinajstić information content (AvgIpc) is 3.33. The van der Waals surface area contributed by atoms with Gasteiger partial charge in [0.15, 0.2) is 18.9 Å². The van der Waals surface area contributed by atoms with Crippen LogP contribution < -0.4 is 10.1 Å². The van der Waals surface area contributed by atoms with Crippen LogP contribution in [0.1, 0.15) is 127 Å². The summed E-state index contributed by atoms with van der Waals surface area (Å²) in [6.07, 6.45) is -11.0. The van der Waals surface area contributed by atoms with Crippen molar-refractivity contribution in [2.45, 2.75) is 225 Å². The quantitative estimate of drug-likeness (QED) is 0.117. The molecule has 5 aliphatic carbocycles. The lowest BCUT2D eigenvalue weighted by Gasteiger charge is -2.71. The lowest BCUT2D eigenvalue weighted by atomic mass is 9.33. The number of nitrogens with one attached hydrogen (secondary N) is 1. The molecule has 23 atom stereocenters. The summed E-state index contributed by atoms with van der Waals surface area (Å²) < 4.78 is 42.8. The van der Waals surface area contributed by atoms with E-state index in [-0.39, 0.29) is 39.4 Å². The Hall–Kier alpha value is -2.33. The van der Waals surface area contributed by atoms with E-state index in [9.17, 15) is 45.6 Å². The SMILES string of the molecule is COc1ccc(NC(=O)[C@]23CCC(C)(C)C[C@H]2C2=CC[C@@H]4[C@@]5(C)CC[C@H](O[C@@H]6O[C@H](CO)[C@@H](O[C@@H]7O[C@@H](C)[C@H](O)[C@@H](O)[C@H]7O)[C@H](O)[C@H]6O[C@@H]6O[C@@H](C)[C@H](O)[C@@H](O)[C@H]6O)C(C)(C)[C@@H]5CC[C@@]4(C)[C@]2(C)CC3)cc1. The number of methoxy groups -OCH3 is 1. The number of carbonyl (C=O) groups excluding carboxylic acids is 1. The molecule has 3 heterocycles. The minimum absolute atomic E-state index is 0.0527. The van der Waals surface area contributed by atoms with E-state index in [1.165, 1.54) is 19.4 Å². The molecule has 17 heteroatoms. The van der Waals surface area contributed by atoms with E-state index in [1.807, 2.05) is 24.3 Å². The summed E-state index contributed by atoms with van der Waals surface area (Å²) in [5.74, 6) is 1.52. The highest BCUT2D eigenvalue weighted by molar-refractivity contribution is 5.96. The predicted octanol–water partition coefficient (Wildman–Crippen LogP) is 4.32. The van der Waals surface area contributed by atoms with Gasteiger partial charge in [-0.05, 0) is 147 Å². The number of allylic oxidation sites excluding steroid dienone is 2. The second-order valence-electron chi connectivity index (χ2n) is 25.3. The Balaban J connectivity index is 0.977. The zero-order chi connectivity index (χ0) is 52.2. The number of amides is 1. The van der Waals surface area contributed by atoms with E-state index in [1.54, 1.807) is 7.11 Å². The van der Waals surface area contributed by atoms with Gasteiger partial charge in [0.05, 0.1) is 37.4 Å². The van der Waals surface area contributed by atoms with E-state index in [2.05, 4.69) is 59.9 Å². The van der Waals surface area contributed by atoms with Gasteiger partial charge in [0, 0.05) is 5.69 Å². The van der Waals surface area contributed by atoms with Crippen LogP contribution >= 0.6 is 0 Å². The monoisotopic (exact) mass is 1020 g/mol. The molecule has 72 heavy (non-hydrogen) atoms. The van der Waals surface area contributed by atoms with E-state index >= 15 is 0 Å². The van der Waals surface area contributed by atoms with Gasteiger partial charge < -0.3 is 79.3 Å². The van der Waals surface area contributed by atoms with Crippen LogP contribution in [0.15, 0.2) is 35.9 Å². The highest BCUT2D eigenvalue weighted by atomic mass is 16.8. The Morgan fingerprint density at radius 2 is 1.26 bits per heavy atom. The first-order chi connectivity index (χ1) is 33.8. The van der Waals surface area contributed by atoms with E-state index in [0.717, 1.165) is 69.2 Å². The van der Waals surface area contributed by atoms with Crippen LogP contribution in [0, 0.1) is 50.2 Å². The van der Waals surface area contributed by atoms with Crippen LogP contribution in [0.2, 0.25) is 0 Å². The molecule has 1 aromatic rings. The van der Waals surface area contributed by atoms with Crippen molar-refractivity contribution in [1.82, 2.24) is 0 Å². The van der Waals surface area contributed by atoms with Gasteiger partial charge >= 0.3 is 0 Å². The molecule has 3 saturated heterocycles. The summed E-state index contributed by atoms with van der Waals surface area (Å²) in [4.78, 5) is 14.8. The van der Waals surface area contributed by atoms with Gasteiger partial charge in [-0.15, -0.1) is 0 Å². The molecule has 7 fully saturated rings. The van der Waals surface area contributed by atoms with Crippen LogP contribution in [0.5, 0.6) is 5.75 Å². The number of aliphatic hydroxyl groups is 8. The van der Waals surface area contributed by atoms with Crippen molar-refractivity contribution in [3.8, 4) is 5.75 Å². The molecule has 17 nitrogen and oxygen atoms in total. The molecular weight excluding hydrogens is 931 g/mol. The summed E-state index contributed by atoms with van der Waals surface area (Å²) >= 11 is 0. The number of hydrogen-bond acceptors (Lipinski definition) is 16. The molecule has 9 rings (SSSR count).